The number of benzene rings is 1. The minimum absolute atomic E-state index is 0.0211. The molecule has 1 aromatic carbocycles. The van der Waals surface area contributed by atoms with Crippen molar-refractivity contribution in [3.63, 3.8) is 0 Å². The number of aryl methyl sites for hydroxylation is 1. The van der Waals surface area contributed by atoms with Crippen molar-refractivity contribution >= 4 is 5.97 Å². The van der Waals surface area contributed by atoms with Gasteiger partial charge in [0.2, 0.25) is 0 Å². The summed E-state index contributed by atoms with van der Waals surface area (Å²) in [4.78, 5) is 15.1. The van der Waals surface area contributed by atoms with Crippen LogP contribution in [0.15, 0.2) is 42.7 Å². The van der Waals surface area contributed by atoms with E-state index in [1.54, 1.807) is 7.05 Å². The van der Waals surface area contributed by atoms with Crippen LogP contribution in [-0.4, -0.2) is 20.6 Å². The largest absolute Gasteiger partial charge is 0.486 e. The number of nitrogens with zero attached hydrogens (tertiary/aromatic N) is 2. The third-order valence-corrected chi connectivity index (χ3v) is 3.63. The van der Waals surface area contributed by atoms with Crippen molar-refractivity contribution in [2.75, 3.05) is 0 Å². The molecule has 3 rings (SSSR count). The summed E-state index contributed by atoms with van der Waals surface area (Å²) >= 11 is 0. The minimum atomic E-state index is -1.12. The average molecular weight is 362 g/mol. The Morgan fingerprint density at radius 2 is 1.81 bits per heavy atom. The second-order valence-electron chi connectivity index (χ2n) is 5.60. The maximum atomic E-state index is 13.6. The molecular formula is C18H13F3N2O3. The lowest BCUT2D eigenvalue weighted by atomic mass is 10.2. The molecule has 134 valence electrons. The highest BCUT2D eigenvalue weighted by Gasteiger charge is 2.17. The van der Waals surface area contributed by atoms with Gasteiger partial charge in [-0.2, -0.15) is 0 Å². The van der Waals surface area contributed by atoms with E-state index < -0.39 is 23.4 Å². The van der Waals surface area contributed by atoms with Crippen LogP contribution in [0.5, 0.6) is 5.75 Å². The summed E-state index contributed by atoms with van der Waals surface area (Å²) in [7, 11) is 1.61. The molecule has 0 fully saturated rings. The van der Waals surface area contributed by atoms with Crippen LogP contribution in [0.2, 0.25) is 0 Å². The Morgan fingerprint density at radius 1 is 1.12 bits per heavy atom. The summed E-state index contributed by atoms with van der Waals surface area (Å²) in [5, 5.41) is 9.09. The van der Waals surface area contributed by atoms with E-state index in [4.69, 9.17) is 9.84 Å². The highest BCUT2D eigenvalue weighted by Crippen LogP contribution is 2.30. The first-order valence-corrected chi connectivity index (χ1v) is 7.47. The zero-order valence-corrected chi connectivity index (χ0v) is 13.5. The number of pyridine rings is 1. The van der Waals surface area contributed by atoms with Crippen molar-refractivity contribution in [3.05, 3.63) is 71.3 Å². The number of ether oxygens (including phenoxy) is 1. The lowest BCUT2D eigenvalue weighted by Gasteiger charge is -2.12. The van der Waals surface area contributed by atoms with Gasteiger partial charge >= 0.3 is 5.97 Å². The SMILES string of the molecule is Cn1cc(C(=O)O)cc1-c1ncc(F)cc1OCc1cc(F)cc(F)c1. The number of carboxylic acids is 1. The van der Waals surface area contributed by atoms with Gasteiger partial charge in [0.15, 0.2) is 5.75 Å². The number of hydrogen-bond donors (Lipinski definition) is 1. The summed E-state index contributed by atoms with van der Waals surface area (Å²) < 4.78 is 47.1. The van der Waals surface area contributed by atoms with Crippen LogP contribution >= 0.6 is 0 Å². The number of carbonyl (C=O) groups is 1. The number of hydrogen-bond acceptors (Lipinski definition) is 3. The molecule has 0 aliphatic carbocycles. The highest BCUT2D eigenvalue weighted by atomic mass is 19.1. The fourth-order valence-electron chi connectivity index (χ4n) is 2.50. The first-order valence-electron chi connectivity index (χ1n) is 7.47. The summed E-state index contributed by atoms with van der Waals surface area (Å²) in [6.07, 6.45) is 2.35. The molecule has 0 unspecified atom stereocenters. The van der Waals surface area contributed by atoms with Crippen LogP contribution in [0.3, 0.4) is 0 Å². The van der Waals surface area contributed by atoms with Crippen molar-refractivity contribution in [2.24, 2.45) is 7.05 Å². The molecule has 1 N–H and O–H groups in total. The molecule has 0 aliphatic rings. The summed E-state index contributed by atoms with van der Waals surface area (Å²) in [6.45, 7) is -0.219. The number of aromatic carboxylic acids is 1. The van der Waals surface area contributed by atoms with Gasteiger partial charge in [0.25, 0.3) is 0 Å². The van der Waals surface area contributed by atoms with Crippen LogP contribution in [0.25, 0.3) is 11.4 Å². The van der Waals surface area contributed by atoms with Gasteiger partial charge in [-0.1, -0.05) is 0 Å². The van der Waals surface area contributed by atoms with Crippen molar-refractivity contribution in [1.82, 2.24) is 9.55 Å². The van der Waals surface area contributed by atoms with Gasteiger partial charge in [0.1, 0.15) is 29.8 Å². The monoisotopic (exact) mass is 362 g/mol. The molecule has 3 aromatic rings. The number of aromatic nitrogens is 2. The van der Waals surface area contributed by atoms with Crippen molar-refractivity contribution < 1.29 is 27.8 Å². The van der Waals surface area contributed by atoms with E-state index in [1.165, 1.54) is 16.8 Å². The predicted molar refractivity (Wildman–Crippen MR) is 86.3 cm³/mol. The van der Waals surface area contributed by atoms with Crippen LogP contribution in [0.1, 0.15) is 15.9 Å². The molecule has 2 heterocycles. The van der Waals surface area contributed by atoms with Gasteiger partial charge < -0.3 is 14.4 Å². The Kier molecular flexibility index (Phi) is 4.66. The molecule has 8 heteroatoms. The van der Waals surface area contributed by atoms with Gasteiger partial charge in [-0.25, -0.2) is 22.9 Å². The van der Waals surface area contributed by atoms with Crippen LogP contribution in [-0.2, 0) is 13.7 Å². The third-order valence-electron chi connectivity index (χ3n) is 3.63. The molecule has 0 saturated carbocycles. The third kappa shape index (κ3) is 3.69. The van der Waals surface area contributed by atoms with E-state index in [-0.39, 0.29) is 29.2 Å². The maximum absolute atomic E-state index is 13.6. The molecule has 0 saturated heterocycles. The Balaban J connectivity index is 1.95. The molecule has 5 nitrogen and oxygen atoms in total. The molecule has 0 spiro atoms. The lowest BCUT2D eigenvalue weighted by Crippen LogP contribution is -2.02. The van der Waals surface area contributed by atoms with Gasteiger partial charge in [-0.05, 0) is 23.8 Å². The second-order valence-corrected chi connectivity index (χ2v) is 5.60. The Hall–Kier alpha value is -3.29. The second kappa shape index (κ2) is 6.91. The normalized spacial score (nSPS) is 10.8. The van der Waals surface area contributed by atoms with E-state index in [9.17, 15) is 18.0 Å². The molecule has 2 aromatic heterocycles. The van der Waals surface area contributed by atoms with Crippen molar-refractivity contribution in [3.8, 4) is 17.1 Å². The maximum Gasteiger partial charge on any atom is 0.337 e. The number of rotatable bonds is 5. The van der Waals surface area contributed by atoms with Crippen LogP contribution in [0, 0.1) is 17.5 Å². The van der Waals surface area contributed by atoms with Gasteiger partial charge in [0, 0.05) is 25.4 Å². The lowest BCUT2D eigenvalue weighted by molar-refractivity contribution is 0.0697. The van der Waals surface area contributed by atoms with Gasteiger partial charge in [0.05, 0.1) is 17.5 Å². The van der Waals surface area contributed by atoms with E-state index in [0.717, 1.165) is 30.5 Å². The highest BCUT2D eigenvalue weighted by molar-refractivity contribution is 5.89. The first-order chi connectivity index (χ1) is 12.3. The van der Waals surface area contributed by atoms with E-state index >= 15 is 0 Å². The molecule has 0 bridgehead atoms. The molecular weight excluding hydrogens is 349 g/mol. The standard InChI is InChI=1S/C18H13F3N2O3/c1-23-8-11(18(24)25)4-15(23)17-16(6-14(21)7-22-17)26-9-10-2-12(19)5-13(20)3-10/h2-8H,9H2,1H3,(H,24,25). The zero-order valence-electron chi connectivity index (χ0n) is 13.5. The quantitative estimate of drug-likeness (QED) is 0.750. The Bertz CT molecular complexity index is 966. The molecule has 0 atom stereocenters. The number of carboxylic acid groups (broad SMARTS) is 1. The fourth-order valence-corrected chi connectivity index (χ4v) is 2.50. The number of halogens is 3. The minimum Gasteiger partial charge on any atom is -0.486 e. The van der Waals surface area contributed by atoms with E-state index in [0.29, 0.717) is 5.69 Å². The van der Waals surface area contributed by atoms with E-state index in [1.807, 2.05) is 0 Å². The van der Waals surface area contributed by atoms with Crippen molar-refractivity contribution in [2.45, 2.75) is 6.61 Å². The van der Waals surface area contributed by atoms with Crippen molar-refractivity contribution in [1.29, 1.82) is 0 Å². The fraction of sp³-hybridized carbons (Fsp3) is 0.111. The van der Waals surface area contributed by atoms with Crippen LogP contribution < -0.4 is 4.74 Å². The average Bonchev–Trinajstić information content (AvgIpc) is 2.94. The Labute approximate surface area is 146 Å². The topological polar surface area (TPSA) is 64.4 Å². The molecule has 0 amide bonds. The smallest absolute Gasteiger partial charge is 0.337 e. The molecule has 26 heavy (non-hydrogen) atoms. The first kappa shape index (κ1) is 17.5. The summed E-state index contributed by atoms with van der Waals surface area (Å²) in [6, 6.07) is 5.37. The molecule has 0 aliphatic heterocycles. The zero-order chi connectivity index (χ0) is 18.8. The predicted octanol–water partition coefficient (Wildman–Crippen LogP) is 3.78. The van der Waals surface area contributed by atoms with Gasteiger partial charge in [-0.3, -0.25) is 0 Å². The van der Waals surface area contributed by atoms with Gasteiger partial charge in [-0.15, -0.1) is 0 Å². The molecule has 0 radical (unpaired) electrons. The Morgan fingerprint density at radius 3 is 2.42 bits per heavy atom. The summed E-state index contributed by atoms with van der Waals surface area (Å²) in [5.41, 5.74) is 0.851. The van der Waals surface area contributed by atoms with Crippen LogP contribution in [0.4, 0.5) is 13.2 Å². The van der Waals surface area contributed by atoms with E-state index in [2.05, 4.69) is 4.98 Å². The summed E-state index contributed by atoms with van der Waals surface area (Å²) in [5.74, 6) is -3.27.